The first-order chi connectivity index (χ1) is 10.3. The minimum absolute atomic E-state index is 0.0547. The lowest BCUT2D eigenvalue weighted by molar-refractivity contribution is -0.134. The van der Waals surface area contributed by atoms with Crippen LogP contribution >= 0.6 is 24.4 Å². The highest BCUT2D eigenvalue weighted by atomic mass is 32.2. The van der Waals surface area contributed by atoms with Gasteiger partial charge in [0.1, 0.15) is 0 Å². The van der Waals surface area contributed by atoms with E-state index in [4.69, 9.17) is 0 Å². The molecule has 0 saturated heterocycles. The molecule has 1 rings (SSSR count). The van der Waals surface area contributed by atoms with Crippen LogP contribution in [0.2, 0.25) is 0 Å². The maximum absolute atomic E-state index is 13.2. The third-order valence-electron chi connectivity index (χ3n) is 2.27. The lowest BCUT2D eigenvalue weighted by atomic mass is 10.2. The molecule has 0 N–H and O–H groups in total. The van der Waals surface area contributed by atoms with Crippen LogP contribution in [0.4, 0.5) is 22.0 Å². The summed E-state index contributed by atoms with van der Waals surface area (Å²) in [4.78, 5) is 22.4. The second kappa shape index (κ2) is 8.37. The summed E-state index contributed by atoms with van der Waals surface area (Å²) in [6.07, 6.45) is -0.275. The van der Waals surface area contributed by atoms with Crippen LogP contribution in [0, 0.1) is 29.1 Å². The van der Waals surface area contributed by atoms with Crippen LogP contribution in [0.15, 0.2) is 0 Å². The Morgan fingerprint density at radius 3 is 1.91 bits per heavy atom. The summed E-state index contributed by atoms with van der Waals surface area (Å²) >= 11 is 4.60. The van der Waals surface area contributed by atoms with Crippen molar-refractivity contribution in [2.75, 3.05) is 11.5 Å². The summed E-state index contributed by atoms with van der Waals surface area (Å²) in [5.74, 6) is -13.8. The van der Waals surface area contributed by atoms with Gasteiger partial charge in [0.05, 0.1) is 6.42 Å². The summed E-state index contributed by atoms with van der Waals surface area (Å²) in [7, 11) is 0. The fourth-order valence-electron chi connectivity index (χ4n) is 1.25. The van der Waals surface area contributed by atoms with E-state index >= 15 is 0 Å². The largest absolute Gasteiger partial charge is 0.420 e. The van der Waals surface area contributed by atoms with Crippen molar-refractivity contribution in [3.63, 3.8) is 0 Å². The van der Waals surface area contributed by atoms with Gasteiger partial charge in [-0.2, -0.15) is 21.4 Å². The van der Waals surface area contributed by atoms with Crippen molar-refractivity contribution < 1.29 is 36.3 Å². The predicted octanol–water partition coefficient (Wildman–Crippen LogP) is 3.26. The number of rotatable bonds is 6. The fourth-order valence-corrected chi connectivity index (χ4v) is 2.35. The van der Waals surface area contributed by atoms with Crippen LogP contribution in [0.1, 0.15) is 12.8 Å². The van der Waals surface area contributed by atoms with Gasteiger partial charge >= 0.3 is 5.97 Å². The first-order valence-electron chi connectivity index (χ1n) is 5.78. The van der Waals surface area contributed by atoms with Gasteiger partial charge in [0.25, 0.3) is 0 Å². The maximum Gasteiger partial charge on any atom is 0.312 e. The number of carbonyl (C=O) groups is 2. The van der Waals surface area contributed by atoms with Crippen LogP contribution in [-0.4, -0.2) is 22.6 Å². The molecule has 0 aliphatic rings. The summed E-state index contributed by atoms with van der Waals surface area (Å²) < 4.78 is 69.2. The number of hydrogen-bond donors (Lipinski definition) is 1. The summed E-state index contributed by atoms with van der Waals surface area (Å²) in [5.41, 5.74) is 0. The van der Waals surface area contributed by atoms with E-state index in [1.807, 2.05) is 0 Å². The van der Waals surface area contributed by atoms with Gasteiger partial charge < -0.3 is 4.74 Å². The predicted molar refractivity (Wildman–Crippen MR) is 72.4 cm³/mol. The Hall–Kier alpha value is -1.29. The highest BCUT2D eigenvalue weighted by molar-refractivity contribution is 8.13. The van der Waals surface area contributed by atoms with Gasteiger partial charge in [0.2, 0.25) is 34.8 Å². The summed E-state index contributed by atoms with van der Waals surface area (Å²) in [6.45, 7) is 0. The van der Waals surface area contributed by atoms with Gasteiger partial charge in [-0.1, -0.05) is 11.8 Å². The Balaban J connectivity index is 2.71. The Morgan fingerprint density at radius 2 is 1.41 bits per heavy atom. The normalized spacial score (nSPS) is 10.6. The molecule has 3 nitrogen and oxygen atoms in total. The number of benzene rings is 1. The number of carbonyl (C=O) groups excluding carboxylic acids is 2. The molecular weight excluding hydrogens is 351 g/mol. The minimum Gasteiger partial charge on any atom is -0.420 e. The van der Waals surface area contributed by atoms with E-state index in [0.717, 1.165) is 11.8 Å². The summed E-state index contributed by atoms with van der Waals surface area (Å²) in [6, 6.07) is 0. The first kappa shape index (κ1) is 18.8. The number of esters is 1. The molecule has 0 aliphatic carbocycles. The van der Waals surface area contributed by atoms with E-state index in [2.05, 4.69) is 17.4 Å². The quantitative estimate of drug-likeness (QED) is 0.211. The molecule has 0 radical (unpaired) electrons. The monoisotopic (exact) mass is 360 g/mol. The summed E-state index contributed by atoms with van der Waals surface area (Å²) in [5, 5.41) is -0.251. The number of ether oxygens (including phenoxy) is 1. The van der Waals surface area contributed by atoms with Crippen molar-refractivity contribution in [3.8, 4) is 5.75 Å². The molecule has 0 unspecified atom stereocenters. The van der Waals surface area contributed by atoms with Crippen molar-refractivity contribution in [2.45, 2.75) is 12.8 Å². The lowest BCUT2D eigenvalue weighted by Gasteiger charge is -2.08. The molecule has 0 aliphatic heterocycles. The number of thioether (sulfide) groups is 1. The molecule has 122 valence electrons. The van der Waals surface area contributed by atoms with Crippen molar-refractivity contribution in [1.82, 2.24) is 0 Å². The zero-order valence-electron chi connectivity index (χ0n) is 10.8. The molecule has 1 aromatic carbocycles. The standard InChI is InChI=1S/C12H9F5O3S2/c13-7-8(14)10(16)12(11(17)9(7)15)20-5(18)2-4-22-6(19)1-3-21/h21H,1-4H2. The Kier molecular flexibility index (Phi) is 7.14. The molecular formula is C12H9F5O3S2. The van der Waals surface area contributed by atoms with E-state index in [9.17, 15) is 31.5 Å². The van der Waals surface area contributed by atoms with E-state index < -0.39 is 47.2 Å². The van der Waals surface area contributed by atoms with Crippen LogP contribution in [-0.2, 0) is 9.59 Å². The third-order valence-corrected chi connectivity index (χ3v) is 3.43. The minimum atomic E-state index is -2.34. The fraction of sp³-hybridized carbons (Fsp3) is 0.333. The Bertz CT molecular complexity index is 566. The van der Waals surface area contributed by atoms with E-state index in [-0.39, 0.29) is 17.3 Å². The van der Waals surface area contributed by atoms with Crippen LogP contribution in [0.3, 0.4) is 0 Å². The van der Waals surface area contributed by atoms with Gasteiger partial charge in [-0.05, 0) is 5.75 Å². The van der Waals surface area contributed by atoms with Crippen molar-refractivity contribution in [2.24, 2.45) is 0 Å². The molecule has 0 saturated carbocycles. The van der Waals surface area contributed by atoms with Gasteiger partial charge in [-0.25, -0.2) is 13.2 Å². The van der Waals surface area contributed by atoms with Gasteiger partial charge in [-0.3, -0.25) is 9.59 Å². The van der Waals surface area contributed by atoms with Crippen molar-refractivity contribution in [3.05, 3.63) is 29.1 Å². The molecule has 0 fully saturated rings. The topological polar surface area (TPSA) is 43.4 Å². The highest BCUT2D eigenvalue weighted by Crippen LogP contribution is 2.29. The van der Waals surface area contributed by atoms with Gasteiger partial charge in [0.15, 0.2) is 5.12 Å². The first-order valence-corrected chi connectivity index (χ1v) is 7.40. The zero-order valence-corrected chi connectivity index (χ0v) is 12.5. The lowest BCUT2D eigenvalue weighted by Crippen LogP contribution is -2.14. The van der Waals surface area contributed by atoms with E-state index in [1.54, 1.807) is 0 Å². The van der Waals surface area contributed by atoms with Crippen LogP contribution in [0.5, 0.6) is 5.75 Å². The second-order valence-corrected chi connectivity index (χ2v) is 5.42. The van der Waals surface area contributed by atoms with E-state index in [1.165, 1.54) is 0 Å². The average molecular weight is 360 g/mol. The number of hydrogen-bond acceptors (Lipinski definition) is 5. The number of halogens is 5. The van der Waals surface area contributed by atoms with Gasteiger partial charge in [-0.15, -0.1) is 0 Å². The molecule has 0 bridgehead atoms. The molecule has 10 heteroatoms. The van der Waals surface area contributed by atoms with E-state index in [0.29, 0.717) is 5.75 Å². The molecule has 0 aromatic heterocycles. The smallest absolute Gasteiger partial charge is 0.312 e. The van der Waals surface area contributed by atoms with Crippen molar-refractivity contribution >= 4 is 35.5 Å². The molecule has 22 heavy (non-hydrogen) atoms. The SMILES string of the molecule is O=C(CCSC(=O)CCS)Oc1c(F)c(F)c(F)c(F)c1F. The molecule has 0 atom stereocenters. The van der Waals surface area contributed by atoms with Gasteiger partial charge in [0, 0.05) is 12.2 Å². The molecule has 0 amide bonds. The maximum atomic E-state index is 13.2. The zero-order chi connectivity index (χ0) is 16.9. The molecule has 0 spiro atoms. The van der Waals surface area contributed by atoms with Crippen LogP contribution < -0.4 is 4.74 Å². The Labute approximate surface area is 131 Å². The average Bonchev–Trinajstić information content (AvgIpc) is 2.48. The third kappa shape index (κ3) is 4.60. The highest BCUT2D eigenvalue weighted by Gasteiger charge is 2.28. The Morgan fingerprint density at radius 1 is 0.909 bits per heavy atom. The number of thiol groups is 1. The van der Waals surface area contributed by atoms with Crippen molar-refractivity contribution in [1.29, 1.82) is 0 Å². The second-order valence-electron chi connectivity index (χ2n) is 3.82. The molecule has 0 heterocycles. The van der Waals surface area contributed by atoms with Crippen LogP contribution in [0.25, 0.3) is 0 Å². The molecule has 1 aromatic rings.